The van der Waals surface area contributed by atoms with E-state index in [1.54, 1.807) is 16.7 Å². The molecular formula is C21H27ClN2O2. The van der Waals surface area contributed by atoms with Crippen molar-refractivity contribution < 1.29 is 4.79 Å². The predicted molar refractivity (Wildman–Crippen MR) is 107 cm³/mol. The molecule has 0 N–H and O–H groups in total. The van der Waals surface area contributed by atoms with Gasteiger partial charge in [0.15, 0.2) is 5.78 Å². The van der Waals surface area contributed by atoms with Crippen LogP contribution in [0.2, 0.25) is 5.02 Å². The van der Waals surface area contributed by atoms with Gasteiger partial charge in [0, 0.05) is 29.5 Å². The first-order chi connectivity index (χ1) is 12.4. The Morgan fingerprint density at radius 2 is 1.88 bits per heavy atom. The molecule has 5 heteroatoms. The average molecular weight is 375 g/mol. The Balaban J connectivity index is 2.37. The maximum absolute atomic E-state index is 12.7. The van der Waals surface area contributed by atoms with Crippen molar-refractivity contribution in [3.63, 3.8) is 0 Å². The highest BCUT2D eigenvalue weighted by Crippen LogP contribution is 2.19. The molecule has 0 aliphatic rings. The molecule has 0 aliphatic carbocycles. The van der Waals surface area contributed by atoms with E-state index in [0.29, 0.717) is 29.4 Å². The summed E-state index contributed by atoms with van der Waals surface area (Å²) in [7, 11) is 0. The second-order valence-electron chi connectivity index (χ2n) is 7.08. The molecule has 2 rings (SSSR count). The number of ketones is 1. The van der Waals surface area contributed by atoms with Crippen molar-refractivity contribution >= 4 is 17.4 Å². The van der Waals surface area contributed by atoms with Gasteiger partial charge in [-0.05, 0) is 24.5 Å². The molecule has 0 spiro atoms. The van der Waals surface area contributed by atoms with E-state index in [9.17, 15) is 9.59 Å². The van der Waals surface area contributed by atoms with Crippen molar-refractivity contribution in [1.29, 1.82) is 0 Å². The number of carbonyl (C=O) groups is 1. The molecule has 0 unspecified atom stereocenters. The minimum Gasteiger partial charge on any atom is -0.298 e. The van der Waals surface area contributed by atoms with Gasteiger partial charge in [-0.1, -0.05) is 57.3 Å². The van der Waals surface area contributed by atoms with E-state index in [4.69, 9.17) is 16.6 Å². The summed E-state index contributed by atoms with van der Waals surface area (Å²) in [6, 6.07) is 8.79. The third kappa shape index (κ3) is 5.80. The first kappa shape index (κ1) is 20.4. The highest BCUT2D eigenvalue weighted by molar-refractivity contribution is 6.30. The van der Waals surface area contributed by atoms with E-state index in [1.165, 1.54) is 6.07 Å². The number of rotatable bonds is 9. The number of benzene rings is 1. The summed E-state index contributed by atoms with van der Waals surface area (Å²) < 4.78 is 1.54. The number of hydrogen-bond donors (Lipinski definition) is 0. The lowest BCUT2D eigenvalue weighted by Crippen LogP contribution is -2.28. The fraction of sp³-hybridized carbons (Fsp3) is 0.476. The van der Waals surface area contributed by atoms with Crippen molar-refractivity contribution in [2.45, 2.75) is 59.4 Å². The average Bonchev–Trinajstić information content (AvgIpc) is 2.57. The number of aryl methyl sites for hydroxylation is 1. The number of halogens is 1. The van der Waals surface area contributed by atoms with Gasteiger partial charge >= 0.3 is 0 Å². The first-order valence-corrected chi connectivity index (χ1v) is 9.67. The van der Waals surface area contributed by atoms with E-state index in [-0.39, 0.29) is 23.8 Å². The molecule has 0 saturated carbocycles. The van der Waals surface area contributed by atoms with Crippen LogP contribution in [0.3, 0.4) is 0 Å². The normalized spacial score (nSPS) is 11.1. The molecule has 0 atom stereocenters. The molecule has 2 aromatic rings. The zero-order chi connectivity index (χ0) is 19.1. The van der Waals surface area contributed by atoms with Crippen LogP contribution in [0.5, 0.6) is 0 Å². The molecule has 0 amide bonds. The van der Waals surface area contributed by atoms with Gasteiger partial charge in [-0.15, -0.1) is 0 Å². The Bertz CT molecular complexity index is 795. The second kappa shape index (κ2) is 9.67. The Kier molecular flexibility index (Phi) is 7.58. The van der Waals surface area contributed by atoms with Gasteiger partial charge in [0.2, 0.25) is 0 Å². The molecule has 1 aromatic heterocycles. The lowest BCUT2D eigenvalue weighted by molar-refractivity contribution is -0.120. The summed E-state index contributed by atoms with van der Waals surface area (Å²) >= 11 is 5.95. The molecular weight excluding hydrogens is 348 g/mol. The Hall–Kier alpha value is -1.94. The molecule has 0 fully saturated rings. The fourth-order valence-corrected chi connectivity index (χ4v) is 3.04. The lowest BCUT2D eigenvalue weighted by Gasteiger charge is -2.14. The van der Waals surface area contributed by atoms with E-state index in [1.807, 2.05) is 26.0 Å². The van der Waals surface area contributed by atoms with Crippen LogP contribution in [0.25, 0.3) is 11.3 Å². The predicted octanol–water partition coefficient (Wildman–Crippen LogP) is 4.91. The molecule has 0 saturated heterocycles. The second-order valence-corrected chi connectivity index (χ2v) is 7.52. The van der Waals surface area contributed by atoms with Crippen LogP contribution in [0.4, 0.5) is 0 Å². The number of unbranched alkanes of at least 4 members (excludes halogenated alkanes) is 2. The Morgan fingerprint density at radius 3 is 2.50 bits per heavy atom. The van der Waals surface area contributed by atoms with Gasteiger partial charge < -0.3 is 0 Å². The van der Waals surface area contributed by atoms with Crippen LogP contribution >= 0.6 is 11.6 Å². The number of hydrogen-bond acceptors (Lipinski definition) is 3. The molecule has 26 heavy (non-hydrogen) atoms. The molecule has 0 aliphatic heterocycles. The lowest BCUT2D eigenvalue weighted by atomic mass is 10.1. The van der Waals surface area contributed by atoms with Gasteiger partial charge in [-0.2, -0.15) is 0 Å². The van der Waals surface area contributed by atoms with Crippen molar-refractivity contribution in [3.8, 4) is 11.3 Å². The minimum atomic E-state index is -0.173. The smallest absolute Gasteiger partial charge is 0.254 e. The zero-order valence-corrected chi connectivity index (χ0v) is 16.6. The molecule has 4 nitrogen and oxygen atoms in total. The van der Waals surface area contributed by atoms with E-state index >= 15 is 0 Å². The van der Waals surface area contributed by atoms with E-state index in [2.05, 4.69) is 6.92 Å². The summed E-state index contributed by atoms with van der Waals surface area (Å²) in [4.78, 5) is 29.7. The molecule has 0 radical (unpaired) electrons. The van der Waals surface area contributed by atoms with Gasteiger partial charge in [-0.3, -0.25) is 14.2 Å². The summed E-state index contributed by atoms with van der Waals surface area (Å²) in [5.74, 6) is 1.04. The van der Waals surface area contributed by atoms with Crippen LogP contribution in [-0.2, 0) is 17.8 Å². The number of nitrogens with zero attached hydrogens (tertiary/aromatic N) is 2. The van der Waals surface area contributed by atoms with Gasteiger partial charge in [0.25, 0.3) is 5.56 Å². The third-order valence-electron chi connectivity index (χ3n) is 4.20. The molecule has 0 bridgehead atoms. The zero-order valence-electron chi connectivity index (χ0n) is 15.8. The van der Waals surface area contributed by atoms with Crippen LogP contribution in [0, 0.1) is 5.92 Å². The number of Topliss-reactive ketones (excluding diaryl/α,β-unsaturated/α-hetero) is 1. The van der Waals surface area contributed by atoms with Crippen LogP contribution in [-0.4, -0.2) is 15.3 Å². The van der Waals surface area contributed by atoms with Crippen LogP contribution in [0.15, 0.2) is 35.1 Å². The summed E-state index contributed by atoms with van der Waals surface area (Å²) in [6.45, 7) is 6.25. The highest BCUT2D eigenvalue weighted by atomic mass is 35.5. The van der Waals surface area contributed by atoms with Crippen LogP contribution < -0.4 is 5.56 Å². The van der Waals surface area contributed by atoms with Crippen molar-refractivity contribution in [2.75, 3.05) is 0 Å². The largest absolute Gasteiger partial charge is 0.298 e. The number of aromatic nitrogens is 2. The summed E-state index contributed by atoms with van der Waals surface area (Å²) in [6.07, 6.45) is 4.28. The van der Waals surface area contributed by atoms with Gasteiger partial charge in [-0.25, -0.2) is 4.98 Å². The quantitative estimate of drug-likeness (QED) is 0.586. The Morgan fingerprint density at radius 1 is 1.19 bits per heavy atom. The SMILES string of the molecule is CCCCCc1nc(-c2ccc(Cl)cc2)cc(=O)n1CC(=O)CC(C)C. The maximum atomic E-state index is 12.7. The third-order valence-corrected chi connectivity index (χ3v) is 4.45. The molecule has 140 valence electrons. The van der Waals surface area contributed by atoms with Crippen LogP contribution in [0.1, 0.15) is 52.3 Å². The van der Waals surface area contributed by atoms with Crippen molar-refractivity contribution in [1.82, 2.24) is 9.55 Å². The molecule has 1 heterocycles. The summed E-state index contributed by atoms with van der Waals surface area (Å²) in [5.41, 5.74) is 1.31. The van der Waals surface area contributed by atoms with Crippen molar-refractivity contribution in [2.24, 2.45) is 5.92 Å². The van der Waals surface area contributed by atoms with E-state index < -0.39 is 0 Å². The van der Waals surface area contributed by atoms with E-state index in [0.717, 1.165) is 24.8 Å². The first-order valence-electron chi connectivity index (χ1n) is 9.29. The maximum Gasteiger partial charge on any atom is 0.254 e. The minimum absolute atomic E-state index is 0.0693. The van der Waals surface area contributed by atoms with Crippen molar-refractivity contribution in [3.05, 3.63) is 51.5 Å². The highest BCUT2D eigenvalue weighted by Gasteiger charge is 2.14. The standard InChI is InChI=1S/C21H27ClN2O2/c1-4-5-6-7-20-23-19(16-8-10-17(22)11-9-16)13-21(26)24(20)14-18(25)12-15(2)3/h8-11,13,15H,4-7,12,14H2,1-3H3. The van der Waals surface area contributed by atoms with Gasteiger partial charge in [0.1, 0.15) is 5.82 Å². The monoisotopic (exact) mass is 374 g/mol. The summed E-state index contributed by atoms with van der Waals surface area (Å²) in [5, 5.41) is 0.643. The molecule has 1 aromatic carbocycles. The topological polar surface area (TPSA) is 52.0 Å². The fourth-order valence-electron chi connectivity index (χ4n) is 2.91. The number of carbonyl (C=O) groups excluding carboxylic acids is 1. The van der Waals surface area contributed by atoms with Gasteiger partial charge in [0.05, 0.1) is 12.2 Å². The Labute approximate surface area is 160 Å².